The van der Waals surface area contributed by atoms with Crippen molar-refractivity contribution in [3.63, 3.8) is 0 Å². The molecule has 4 heteroatoms. The first-order chi connectivity index (χ1) is 13.1. The molecule has 0 saturated heterocycles. The second-order valence-electron chi connectivity index (χ2n) is 7.15. The number of carbonyl (C=O) groups is 1. The normalized spacial score (nSPS) is 13.2. The Morgan fingerprint density at radius 2 is 1.78 bits per heavy atom. The molecule has 0 atom stereocenters. The highest BCUT2D eigenvalue weighted by Gasteiger charge is 2.23. The van der Waals surface area contributed by atoms with E-state index in [0.29, 0.717) is 5.56 Å². The molecule has 27 heavy (non-hydrogen) atoms. The molecule has 0 fully saturated rings. The van der Waals surface area contributed by atoms with Crippen LogP contribution >= 0.6 is 0 Å². The van der Waals surface area contributed by atoms with E-state index < -0.39 is 0 Å². The van der Waals surface area contributed by atoms with Gasteiger partial charge in [-0.05, 0) is 67.6 Å². The van der Waals surface area contributed by atoms with Crippen molar-refractivity contribution in [3.05, 3.63) is 83.2 Å². The minimum absolute atomic E-state index is 0.00118. The number of hydrogen-bond donors (Lipinski definition) is 1. The Labute approximate surface area is 159 Å². The molecule has 0 saturated carbocycles. The summed E-state index contributed by atoms with van der Waals surface area (Å²) in [6.45, 7) is 4.89. The lowest BCUT2D eigenvalue weighted by atomic mass is 10.0. The Hall–Kier alpha value is -3.14. The van der Waals surface area contributed by atoms with Crippen LogP contribution in [0, 0.1) is 13.8 Å². The minimum atomic E-state index is -0.00118. The zero-order valence-corrected chi connectivity index (χ0v) is 15.7. The molecule has 1 aliphatic rings. The number of benzene rings is 2. The van der Waals surface area contributed by atoms with Gasteiger partial charge in [-0.2, -0.15) is 0 Å². The van der Waals surface area contributed by atoms with Gasteiger partial charge in [0.2, 0.25) is 0 Å². The standard InChI is InChI=1S/C23H23N3O/c1-16-10-17(2)12-20(11-16)25-21-13-19(14-24-15-21)23(27)26-9-5-7-18-6-3-4-8-22(18)26/h3-4,6,8,10-15,25H,5,7,9H2,1-2H3. The summed E-state index contributed by atoms with van der Waals surface area (Å²) in [4.78, 5) is 19.3. The van der Waals surface area contributed by atoms with Gasteiger partial charge in [-0.15, -0.1) is 0 Å². The number of rotatable bonds is 3. The van der Waals surface area contributed by atoms with E-state index in [1.165, 1.54) is 16.7 Å². The number of anilines is 3. The molecule has 0 radical (unpaired) electrons. The Balaban J connectivity index is 1.60. The quantitative estimate of drug-likeness (QED) is 0.715. The number of pyridine rings is 1. The number of carbonyl (C=O) groups excluding carboxylic acids is 1. The number of amides is 1. The number of hydrogen-bond acceptors (Lipinski definition) is 3. The fraction of sp³-hybridized carbons (Fsp3) is 0.217. The molecular formula is C23H23N3O. The number of aryl methyl sites for hydroxylation is 3. The molecule has 0 spiro atoms. The SMILES string of the molecule is Cc1cc(C)cc(Nc2cncc(C(=O)N3CCCc4ccccc43)c2)c1. The molecule has 2 aromatic carbocycles. The van der Waals surface area contributed by atoms with Crippen molar-refractivity contribution in [1.29, 1.82) is 0 Å². The highest BCUT2D eigenvalue weighted by Crippen LogP contribution is 2.28. The number of para-hydroxylation sites is 1. The Morgan fingerprint density at radius 3 is 2.59 bits per heavy atom. The topological polar surface area (TPSA) is 45.2 Å². The molecule has 1 aliphatic heterocycles. The first kappa shape index (κ1) is 17.3. The summed E-state index contributed by atoms with van der Waals surface area (Å²) in [6, 6.07) is 16.3. The van der Waals surface area contributed by atoms with Gasteiger partial charge in [-0.25, -0.2) is 0 Å². The molecule has 2 heterocycles. The van der Waals surface area contributed by atoms with Crippen molar-refractivity contribution in [2.75, 3.05) is 16.8 Å². The smallest absolute Gasteiger partial charge is 0.259 e. The van der Waals surface area contributed by atoms with Crippen molar-refractivity contribution in [3.8, 4) is 0 Å². The fourth-order valence-corrected chi connectivity index (χ4v) is 3.74. The first-order valence-electron chi connectivity index (χ1n) is 9.30. The third kappa shape index (κ3) is 3.70. The molecule has 3 aromatic rings. The van der Waals surface area contributed by atoms with E-state index in [2.05, 4.69) is 48.4 Å². The van der Waals surface area contributed by atoms with E-state index in [1.54, 1.807) is 12.4 Å². The van der Waals surface area contributed by atoms with Crippen LogP contribution in [0.3, 0.4) is 0 Å². The number of aromatic nitrogens is 1. The third-order valence-corrected chi connectivity index (χ3v) is 4.85. The Kier molecular flexibility index (Phi) is 4.63. The zero-order chi connectivity index (χ0) is 18.8. The second kappa shape index (κ2) is 7.23. The number of nitrogens with zero attached hydrogens (tertiary/aromatic N) is 2. The monoisotopic (exact) mass is 357 g/mol. The van der Waals surface area contributed by atoms with Gasteiger partial charge in [0.1, 0.15) is 0 Å². The van der Waals surface area contributed by atoms with E-state index in [0.717, 1.165) is 36.4 Å². The summed E-state index contributed by atoms with van der Waals surface area (Å²) in [5, 5.41) is 3.37. The maximum atomic E-state index is 13.1. The van der Waals surface area contributed by atoms with Gasteiger partial charge in [0.05, 0.1) is 17.4 Å². The average Bonchev–Trinajstić information content (AvgIpc) is 2.66. The summed E-state index contributed by atoms with van der Waals surface area (Å²) in [6.07, 6.45) is 5.40. The van der Waals surface area contributed by atoms with Crippen LogP contribution in [0.15, 0.2) is 60.9 Å². The fourth-order valence-electron chi connectivity index (χ4n) is 3.74. The van der Waals surface area contributed by atoms with Crippen molar-refractivity contribution < 1.29 is 4.79 Å². The van der Waals surface area contributed by atoms with Crippen LogP contribution in [0.4, 0.5) is 17.1 Å². The predicted molar refractivity (Wildman–Crippen MR) is 110 cm³/mol. The van der Waals surface area contributed by atoms with Gasteiger partial charge in [-0.3, -0.25) is 9.78 Å². The maximum Gasteiger partial charge on any atom is 0.259 e. The van der Waals surface area contributed by atoms with Crippen LogP contribution in [0.1, 0.15) is 33.5 Å². The molecule has 1 amide bonds. The van der Waals surface area contributed by atoms with Crippen LogP contribution < -0.4 is 10.2 Å². The molecule has 1 N–H and O–H groups in total. The lowest BCUT2D eigenvalue weighted by Gasteiger charge is -2.29. The van der Waals surface area contributed by atoms with E-state index in [4.69, 9.17) is 0 Å². The summed E-state index contributed by atoms with van der Waals surface area (Å²) in [5.41, 5.74) is 7.06. The predicted octanol–water partition coefficient (Wildman–Crippen LogP) is 5.04. The van der Waals surface area contributed by atoms with Gasteiger partial charge >= 0.3 is 0 Å². The second-order valence-corrected chi connectivity index (χ2v) is 7.15. The lowest BCUT2D eigenvalue weighted by Crippen LogP contribution is -2.35. The molecular weight excluding hydrogens is 334 g/mol. The summed E-state index contributed by atoms with van der Waals surface area (Å²) in [5.74, 6) is -0.00118. The minimum Gasteiger partial charge on any atom is -0.354 e. The van der Waals surface area contributed by atoms with Crippen molar-refractivity contribution in [2.24, 2.45) is 0 Å². The van der Waals surface area contributed by atoms with E-state index in [-0.39, 0.29) is 5.91 Å². The summed E-state index contributed by atoms with van der Waals surface area (Å²) in [7, 11) is 0. The zero-order valence-electron chi connectivity index (χ0n) is 15.7. The molecule has 0 aliphatic carbocycles. The Bertz CT molecular complexity index is 976. The molecule has 4 rings (SSSR count). The highest BCUT2D eigenvalue weighted by atomic mass is 16.2. The molecule has 0 unspecified atom stereocenters. The van der Waals surface area contributed by atoms with Crippen molar-refractivity contribution in [1.82, 2.24) is 4.98 Å². The highest BCUT2D eigenvalue weighted by molar-refractivity contribution is 6.07. The molecule has 0 bridgehead atoms. The average molecular weight is 357 g/mol. The van der Waals surface area contributed by atoms with Crippen LogP contribution in [0.2, 0.25) is 0 Å². The van der Waals surface area contributed by atoms with Crippen molar-refractivity contribution >= 4 is 23.0 Å². The summed E-state index contributed by atoms with van der Waals surface area (Å²) >= 11 is 0. The molecule has 136 valence electrons. The van der Waals surface area contributed by atoms with Gasteiger partial charge in [0.25, 0.3) is 5.91 Å². The van der Waals surface area contributed by atoms with E-state index >= 15 is 0 Å². The summed E-state index contributed by atoms with van der Waals surface area (Å²) < 4.78 is 0. The van der Waals surface area contributed by atoms with E-state index in [1.807, 2.05) is 29.2 Å². The largest absolute Gasteiger partial charge is 0.354 e. The van der Waals surface area contributed by atoms with Gasteiger partial charge in [0, 0.05) is 24.1 Å². The lowest BCUT2D eigenvalue weighted by molar-refractivity contribution is 0.0985. The van der Waals surface area contributed by atoms with Crippen LogP contribution in [-0.4, -0.2) is 17.4 Å². The van der Waals surface area contributed by atoms with Crippen LogP contribution in [-0.2, 0) is 6.42 Å². The van der Waals surface area contributed by atoms with Gasteiger partial charge in [-0.1, -0.05) is 24.3 Å². The third-order valence-electron chi connectivity index (χ3n) is 4.85. The van der Waals surface area contributed by atoms with Crippen LogP contribution in [0.25, 0.3) is 0 Å². The van der Waals surface area contributed by atoms with Crippen LogP contribution in [0.5, 0.6) is 0 Å². The van der Waals surface area contributed by atoms with Gasteiger partial charge < -0.3 is 10.2 Å². The Morgan fingerprint density at radius 1 is 1.00 bits per heavy atom. The molecule has 1 aromatic heterocycles. The number of fused-ring (bicyclic) bond motifs is 1. The first-order valence-corrected chi connectivity index (χ1v) is 9.30. The van der Waals surface area contributed by atoms with Crippen molar-refractivity contribution in [2.45, 2.75) is 26.7 Å². The van der Waals surface area contributed by atoms with Gasteiger partial charge in [0.15, 0.2) is 0 Å². The molecule has 4 nitrogen and oxygen atoms in total. The van der Waals surface area contributed by atoms with E-state index in [9.17, 15) is 4.79 Å². The number of nitrogens with one attached hydrogen (secondary N) is 1. The maximum absolute atomic E-state index is 13.1.